The van der Waals surface area contributed by atoms with Gasteiger partial charge < -0.3 is 14.8 Å². The molecule has 0 bridgehead atoms. The zero-order chi connectivity index (χ0) is 25.4. The first-order valence-corrected chi connectivity index (χ1v) is 12.5. The summed E-state index contributed by atoms with van der Waals surface area (Å²) >= 11 is 0. The van der Waals surface area contributed by atoms with Gasteiger partial charge in [0.05, 0.1) is 10.5 Å². The van der Waals surface area contributed by atoms with Crippen molar-refractivity contribution in [3.8, 4) is 5.75 Å². The number of sulfonamides is 1. The lowest BCUT2D eigenvalue weighted by Crippen LogP contribution is -2.30. The van der Waals surface area contributed by atoms with Gasteiger partial charge in [-0.2, -0.15) is 0 Å². The minimum atomic E-state index is -3.63. The van der Waals surface area contributed by atoms with Gasteiger partial charge in [-0.1, -0.05) is 36.4 Å². The second kappa shape index (κ2) is 11.6. The van der Waals surface area contributed by atoms with Crippen LogP contribution < -0.4 is 14.8 Å². The molecular formula is C26H28N2O6S. The fourth-order valence-electron chi connectivity index (χ4n) is 3.08. The van der Waals surface area contributed by atoms with E-state index in [9.17, 15) is 18.0 Å². The maximum atomic E-state index is 12.6. The number of hydrogen-bond acceptors (Lipinski definition) is 6. The summed E-state index contributed by atoms with van der Waals surface area (Å²) in [4.78, 5) is 25.1. The fraction of sp³-hybridized carbons (Fsp3) is 0.231. The van der Waals surface area contributed by atoms with Gasteiger partial charge in [-0.15, -0.1) is 0 Å². The van der Waals surface area contributed by atoms with Crippen LogP contribution in [0.15, 0.2) is 83.8 Å². The lowest BCUT2D eigenvalue weighted by atomic mass is 10.2. The Balaban J connectivity index is 1.56. The molecule has 0 radical (unpaired) electrons. The summed E-state index contributed by atoms with van der Waals surface area (Å²) in [7, 11) is -3.63. The van der Waals surface area contributed by atoms with E-state index in [-0.39, 0.29) is 16.5 Å². The van der Waals surface area contributed by atoms with Crippen LogP contribution in [-0.4, -0.2) is 32.4 Å². The summed E-state index contributed by atoms with van der Waals surface area (Å²) < 4.78 is 37.9. The Hall–Kier alpha value is -3.69. The topological polar surface area (TPSA) is 111 Å². The number of amides is 1. The standard InChI is InChI=1S/C26H28N2O6S/c1-18(2)28-35(31,32)24-14-12-22(13-15-24)27-25(29)19(3)34-26(30)21-10-7-11-23(16-21)33-17-20-8-5-4-6-9-20/h4-16,18-19,28H,17H2,1-3H3,(H,27,29). The molecule has 0 aliphatic carbocycles. The third-order valence-corrected chi connectivity index (χ3v) is 6.47. The molecule has 1 amide bonds. The highest BCUT2D eigenvalue weighted by Crippen LogP contribution is 2.18. The monoisotopic (exact) mass is 496 g/mol. The number of anilines is 1. The first-order chi connectivity index (χ1) is 16.6. The lowest BCUT2D eigenvalue weighted by Gasteiger charge is -2.15. The van der Waals surface area contributed by atoms with Gasteiger partial charge in [-0.25, -0.2) is 17.9 Å². The number of nitrogens with one attached hydrogen (secondary N) is 2. The van der Waals surface area contributed by atoms with Crippen molar-refractivity contribution in [2.75, 3.05) is 5.32 Å². The first kappa shape index (κ1) is 25.9. The summed E-state index contributed by atoms with van der Waals surface area (Å²) in [5.41, 5.74) is 1.62. The summed E-state index contributed by atoms with van der Waals surface area (Å²) in [6.45, 7) is 5.26. The van der Waals surface area contributed by atoms with E-state index < -0.39 is 28.0 Å². The molecule has 0 saturated heterocycles. The summed E-state index contributed by atoms with van der Waals surface area (Å²) in [5, 5.41) is 2.61. The van der Waals surface area contributed by atoms with E-state index >= 15 is 0 Å². The maximum absolute atomic E-state index is 12.6. The summed E-state index contributed by atoms with van der Waals surface area (Å²) in [5.74, 6) is -0.716. The molecular weight excluding hydrogens is 468 g/mol. The largest absolute Gasteiger partial charge is 0.489 e. The zero-order valence-corrected chi connectivity index (χ0v) is 20.5. The van der Waals surface area contributed by atoms with Gasteiger partial charge in [-0.3, -0.25) is 4.79 Å². The molecule has 0 fully saturated rings. The highest BCUT2D eigenvalue weighted by molar-refractivity contribution is 7.89. The van der Waals surface area contributed by atoms with E-state index in [1.807, 2.05) is 30.3 Å². The van der Waals surface area contributed by atoms with E-state index in [1.54, 1.807) is 38.1 Å². The van der Waals surface area contributed by atoms with Gasteiger partial charge in [0.2, 0.25) is 10.0 Å². The number of ether oxygens (including phenoxy) is 2. The van der Waals surface area contributed by atoms with Crippen LogP contribution in [0.5, 0.6) is 5.75 Å². The van der Waals surface area contributed by atoms with Crippen LogP contribution in [-0.2, 0) is 26.2 Å². The minimum absolute atomic E-state index is 0.0815. The molecule has 3 rings (SSSR count). The normalized spacial score (nSPS) is 12.1. The maximum Gasteiger partial charge on any atom is 0.339 e. The van der Waals surface area contributed by atoms with E-state index in [4.69, 9.17) is 9.47 Å². The molecule has 0 spiro atoms. The second-order valence-corrected chi connectivity index (χ2v) is 9.85. The van der Waals surface area contributed by atoms with Crippen LogP contribution in [0, 0.1) is 0 Å². The predicted molar refractivity (Wildman–Crippen MR) is 133 cm³/mol. The highest BCUT2D eigenvalue weighted by atomic mass is 32.2. The highest BCUT2D eigenvalue weighted by Gasteiger charge is 2.20. The van der Waals surface area contributed by atoms with Crippen molar-refractivity contribution >= 4 is 27.6 Å². The Morgan fingerprint density at radius 1 is 0.886 bits per heavy atom. The van der Waals surface area contributed by atoms with Crippen molar-refractivity contribution in [2.45, 2.75) is 44.4 Å². The third kappa shape index (κ3) is 7.66. The summed E-state index contributed by atoms with van der Waals surface area (Å²) in [6, 6.07) is 21.6. The van der Waals surface area contributed by atoms with E-state index in [2.05, 4.69) is 10.0 Å². The molecule has 3 aromatic carbocycles. The van der Waals surface area contributed by atoms with Crippen LogP contribution in [0.25, 0.3) is 0 Å². The Morgan fingerprint density at radius 3 is 2.23 bits per heavy atom. The number of carbonyl (C=O) groups excluding carboxylic acids is 2. The number of hydrogen-bond donors (Lipinski definition) is 2. The fourth-order valence-corrected chi connectivity index (χ4v) is 4.33. The van der Waals surface area contributed by atoms with E-state index in [1.165, 1.54) is 31.2 Å². The van der Waals surface area contributed by atoms with Gasteiger partial charge in [0.15, 0.2) is 6.10 Å². The summed E-state index contributed by atoms with van der Waals surface area (Å²) in [6.07, 6.45) is -1.08. The quantitative estimate of drug-likeness (QED) is 0.408. The molecule has 3 aromatic rings. The van der Waals surface area contributed by atoms with E-state index in [0.717, 1.165) is 5.56 Å². The van der Waals surface area contributed by atoms with Crippen LogP contribution in [0.2, 0.25) is 0 Å². The molecule has 184 valence electrons. The molecule has 0 aliphatic rings. The number of carbonyl (C=O) groups is 2. The van der Waals surface area contributed by atoms with Crippen LogP contribution in [0.4, 0.5) is 5.69 Å². The number of benzene rings is 3. The Kier molecular flexibility index (Phi) is 8.62. The molecule has 1 unspecified atom stereocenters. The lowest BCUT2D eigenvalue weighted by molar-refractivity contribution is -0.123. The van der Waals surface area contributed by atoms with Gasteiger partial charge in [-0.05, 0) is 68.8 Å². The SMILES string of the molecule is CC(C)NS(=O)(=O)c1ccc(NC(=O)C(C)OC(=O)c2cccc(OCc3ccccc3)c2)cc1. The van der Waals surface area contributed by atoms with E-state index in [0.29, 0.717) is 18.0 Å². The predicted octanol–water partition coefficient (Wildman–Crippen LogP) is 4.14. The third-order valence-electron chi connectivity index (χ3n) is 4.79. The number of rotatable bonds is 10. The van der Waals surface area contributed by atoms with Gasteiger partial charge >= 0.3 is 5.97 Å². The Bertz CT molecular complexity index is 1260. The number of esters is 1. The zero-order valence-electron chi connectivity index (χ0n) is 19.7. The minimum Gasteiger partial charge on any atom is -0.489 e. The molecule has 8 nitrogen and oxygen atoms in total. The Labute approximate surface area is 205 Å². The van der Waals surface area contributed by atoms with Gasteiger partial charge in [0.25, 0.3) is 5.91 Å². The van der Waals surface area contributed by atoms with Crippen molar-refractivity contribution in [1.29, 1.82) is 0 Å². The van der Waals surface area contributed by atoms with Crippen molar-refractivity contribution in [3.63, 3.8) is 0 Å². The van der Waals surface area contributed by atoms with Crippen molar-refractivity contribution in [3.05, 3.63) is 90.0 Å². The average molecular weight is 497 g/mol. The smallest absolute Gasteiger partial charge is 0.339 e. The Morgan fingerprint density at radius 2 is 1.57 bits per heavy atom. The van der Waals surface area contributed by atoms with Crippen molar-refractivity contribution in [2.24, 2.45) is 0 Å². The average Bonchev–Trinajstić information content (AvgIpc) is 2.83. The molecule has 0 saturated carbocycles. The van der Waals surface area contributed by atoms with Crippen LogP contribution in [0.1, 0.15) is 36.7 Å². The molecule has 0 aliphatic heterocycles. The second-order valence-electron chi connectivity index (χ2n) is 8.14. The van der Waals surface area contributed by atoms with Gasteiger partial charge in [0, 0.05) is 11.7 Å². The first-order valence-electron chi connectivity index (χ1n) is 11.0. The van der Waals surface area contributed by atoms with Crippen LogP contribution in [0.3, 0.4) is 0 Å². The molecule has 0 aromatic heterocycles. The van der Waals surface area contributed by atoms with Crippen LogP contribution >= 0.6 is 0 Å². The van der Waals surface area contributed by atoms with Crippen molar-refractivity contribution < 1.29 is 27.5 Å². The van der Waals surface area contributed by atoms with Gasteiger partial charge in [0.1, 0.15) is 12.4 Å². The molecule has 1 atom stereocenters. The molecule has 9 heteroatoms. The molecule has 0 heterocycles. The van der Waals surface area contributed by atoms with Crippen molar-refractivity contribution in [1.82, 2.24) is 4.72 Å². The molecule has 2 N–H and O–H groups in total. The molecule has 35 heavy (non-hydrogen) atoms.